The Morgan fingerprint density at radius 2 is 2.20 bits per heavy atom. The highest BCUT2D eigenvalue weighted by molar-refractivity contribution is 4.88. The first kappa shape index (κ1) is 9.44. The van der Waals surface area contributed by atoms with Gasteiger partial charge in [0.05, 0.1) is 6.10 Å². The fourth-order valence-corrected chi connectivity index (χ4v) is 0.648. The summed E-state index contributed by atoms with van der Waals surface area (Å²) in [4.78, 5) is 0. The van der Waals surface area contributed by atoms with Gasteiger partial charge >= 0.3 is 0 Å². The van der Waals surface area contributed by atoms with Gasteiger partial charge in [0.15, 0.2) is 0 Å². The van der Waals surface area contributed by atoms with Crippen molar-refractivity contribution in [2.45, 2.75) is 32.3 Å². The Labute approximate surface area is 63.1 Å². The second kappa shape index (κ2) is 6.56. The van der Waals surface area contributed by atoms with E-state index >= 15 is 0 Å². The average molecular weight is 140 g/mol. The fourth-order valence-electron chi connectivity index (χ4n) is 0.648. The van der Waals surface area contributed by atoms with E-state index in [1.165, 1.54) is 0 Å². The van der Waals surface area contributed by atoms with Crippen molar-refractivity contribution in [1.82, 2.24) is 0 Å². The van der Waals surface area contributed by atoms with Gasteiger partial charge < -0.3 is 5.11 Å². The maximum absolute atomic E-state index is 8.85. The summed E-state index contributed by atoms with van der Waals surface area (Å²) >= 11 is 0. The zero-order valence-electron chi connectivity index (χ0n) is 6.59. The van der Waals surface area contributed by atoms with Gasteiger partial charge in [0.1, 0.15) is 0 Å². The summed E-state index contributed by atoms with van der Waals surface area (Å²) in [5.41, 5.74) is 0. The molecule has 10 heavy (non-hydrogen) atoms. The number of aliphatic hydroxyl groups excluding tert-OH is 1. The third-order valence-electron chi connectivity index (χ3n) is 1.22. The minimum Gasteiger partial charge on any atom is -0.393 e. The van der Waals surface area contributed by atoms with Crippen molar-refractivity contribution in [2.24, 2.45) is 0 Å². The van der Waals surface area contributed by atoms with Crippen molar-refractivity contribution in [3.05, 3.63) is 24.8 Å². The van der Waals surface area contributed by atoms with Crippen LogP contribution in [0.2, 0.25) is 0 Å². The SMILES string of the molecule is C=CC/C=C/CCC(C)O. The third kappa shape index (κ3) is 7.44. The zero-order valence-corrected chi connectivity index (χ0v) is 6.59. The summed E-state index contributed by atoms with van der Waals surface area (Å²) in [6.07, 6.45) is 8.58. The van der Waals surface area contributed by atoms with Gasteiger partial charge in [-0.15, -0.1) is 6.58 Å². The zero-order chi connectivity index (χ0) is 7.82. The highest BCUT2D eigenvalue weighted by atomic mass is 16.3. The molecule has 1 nitrogen and oxygen atoms in total. The Morgan fingerprint density at radius 1 is 1.50 bits per heavy atom. The number of allylic oxidation sites excluding steroid dienone is 3. The maximum Gasteiger partial charge on any atom is 0.0515 e. The molecule has 0 aromatic carbocycles. The number of hydrogen-bond donors (Lipinski definition) is 1. The molecule has 0 heterocycles. The lowest BCUT2D eigenvalue weighted by Crippen LogP contribution is -1.96. The normalized spacial score (nSPS) is 13.8. The van der Waals surface area contributed by atoms with Crippen LogP contribution in [0.1, 0.15) is 26.2 Å². The first-order valence-corrected chi connectivity index (χ1v) is 3.71. The molecular weight excluding hydrogens is 124 g/mol. The molecule has 0 aromatic rings. The second-order valence-corrected chi connectivity index (χ2v) is 2.42. The van der Waals surface area contributed by atoms with Crippen LogP contribution in [0.5, 0.6) is 0 Å². The van der Waals surface area contributed by atoms with Crippen molar-refractivity contribution in [2.75, 3.05) is 0 Å². The van der Waals surface area contributed by atoms with E-state index in [2.05, 4.69) is 18.7 Å². The van der Waals surface area contributed by atoms with Crippen molar-refractivity contribution in [3.8, 4) is 0 Å². The molecule has 0 spiro atoms. The van der Waals surface area contributed by atoms with E-state index in [-0.39, 0.29) is 6.10 Å². The monoisotopic (exact) mass is 140 g/mol. The highest BCUT2D eigenvalue weighted by Crippen LogP contribution is 1.97. The molecular formula is C9H16O. The Bertz CT molecular complexity index is 103. The largest absolute Gasteiger partial charge is 0.393 e. The summed E-state index contributed by atoms with van der Waals surface area (Å²) < 4.78 is 0. The molecule has 0 radical (unpaired) electrons. The lowest BCUT2D eigenvalue weighted by Gasteiger charge is -1.97. The highest BCUT2D eigenvalue weighted by Gasteiger charge is 1.89. The van der Waals surface area contributed by atoms with Crippen LogP contribution in [0, 0.1) is 0 Å². The van der Waals surface area contributed by atoms with Crippen LogP contribution in [0.15, 0.2) is 24.8 Å². The van der Waals surface area contributed by atoms with Crippen molar-refractivity contribution in [1.29, 1.82) is 0 Å². The molecule has 0 aliphatic carbocycles. The average Bonchev–Trinajstić information content (AvgIpc) is 1.87. The molecule has 0 saturated heterocycles. The van der Waals surface area contributed by atoms with Crippen LogP contribution in [0.4, 0.5) is 0 Å². The van der Waals surface area contributed by atoms with Crippen LogP contribution in [-0.4, -0.2) is 11.2 Å². The van der Waals surface area contributed by atoms with Gasteiger partial charge in [0, 0.05) is 0 Å². The Hall–Kier alpha value is -0.560. The molecule has 1 unspecified atom stereocenters. The molecule has 0 aromatic heterocycles. The van der Waals surface area contributed by atoms with Crippen molar-refractivity contribution < 1.29 is 5.11 Å². The van der Waals surface area contributed by atoms with Crippen LogP contribution in [0.3, 0.4) is 0 Å². The molecule has 0 aliphatic rings. The van der Waals surface area contributed by atoms with Gasteiger partial charge in [-0.05, 0) is 26.2 Å². The molecule has 58 valence electrons. The summed E-state index contributed by atoms with van der Waals surface area (Å²) in [7, 11) is 0. The van der Waals surface area contributed by atoms with Crippen molar-refractivity contribution >= 4 is 0 Å². The van der Waals surface area contributed by atoms with Gasteiger partial charge in [0.2, 0.25) is 0 Å². The molecule has 0 saturated carbocycles. The summed E-state index contributed by atoms with van der Waals surface area (Å²) in [6, 6.07) is 0. The number of rotatable bonds is 5. The van der Waals surface area contributed by atoms with Crippen LogP contribution in [-0.2, 0) is 0 Å². The Balaban J connectivity index is 3.09. The second-order valence-electron chi connectivity index (χ2n) is 2.42. The lowest BCUT2D eigenvalue weighted by molar-refractivity contribution is 0.186. The quantitative estimate of drug-likeness (QED) is 0.581. The predicted octanol–water partition coefficient (Wildman–Crippen LogP) is 2.28. The van der Waals surface area contributed by atoms with E-state index in [9.17, 15) is 0 Å². The molecule has 0 rings (SSSR count). The van der Waals surface area contributed by atoms with E-state index < -0.39 is 0 Å². The minimum atomic E-state index is -0.173. The van der Waals surface area contributed by atoms with Gasteiger partial charge in [-0.1, -0.05) is 18.2 Å². The standard InChI is InChI=1S/C9H16O/c1-3-4-5-6-7-8-9(2)10/h3,5-6,9-10H,1,4,7-8H2,2H3/b6-5+. The number of aliphatic hydroxyl groups is 1. The first-order valence-electron chi connectivity index (χ1n) is 3.71. The Kier molecular flexibility index (Phi) is 6.19. The van der Waals surface area contributed by atoms with Gasteiger partial charge in [-0.2, -0.15) is 0 Å². The van der Waals surface area contributed by atoms with Gasteiger partial charge in [-0.3, -0.25) is 0 Å². The minimum absolute atomic E-state index is 0.173. The molecule has 1 heteroatoms. The molecule has 0 aliphatic heterocycles. The predicted molar refractivity (Wildman–Crippen MR) is 44.9 cm³/mol. The maximum atomic E-state index is 8.85. The van der Waals surface area contributed by atoms with E-state index in [4.69, 9.17) is 5.11 Å². The van der Waals surface area contributed by atoms with Crippen LogP contribution >= 0.6 is 0 Å². The third-order valence-corrected chi connectivity index (χ3v) is 1.22. The van der Waals surface area contributed by atoms with E-state index in [0.717, 1.165) is 19.3 Å². The van der Waals surface area contributed by atoms with Crippen molar-refractivity contribution in [3.63, 3.8) is 0 Å². The topological polar surface area (TPSA) is 20.2 Å². The molecule has 1 atom stereocenters. The molecule has 0 amide bonds. The van der Waals surface area contributed by atoms with Gasteiger partial charge in [0.25, 0.3) is 0 Å². The van der Waals surface area contributed by atoms with Crippen LogP contribution in [0.25, 0.3) is 0 Å². The molecule has 0 fully saturated rings. The summed E-state index contributed by atoms with van der Waals surface area (Å²) in [5, 5.41) is 8.85. The molecule has 1 N–H and O–H groups in total. The smallest absolute Gasteiger partial charge is 0.0515 e. The number of hydrogen-bond acceptors (Lipinski definition) is 1. The van der Waals surface area contributed by atoms with E-state index in [1.54, 1.807) is 6.92 Å². The summed E-state index contributed by atoms with van der Waals surface area (Å²) in [6.45, 7) is 5.40. The van der Waals surface area contributed by atoms with E-state index in [1.807, 2.05) is 6.08 Å². The lowest BCUT2D eigenvalue weighted by atomic mass is 10.2. The fraction of sp³-hybridized carbons (Fsp3) is 0.556. The van der Waals surface area contributed by atoms with Crippen LogP contribution < -0.4 is 0 Å². The molecule has 0 bridgehead atoms. The summed E-state index contributed by atoms with van der Waals surface area (Å²) in [5.74, 6) is 0. The first-order chi connectivity index (χ1) is 4.77. The Morgan fingerprint density at radius 3 is 2.70 bits per heavy atom. The van der Waals surface area contributed by atoms with Gasteiger partial charge in [-0.25, -0.2) is 0 Å². The van der Waals surface area contributed by atoms with E-state index in [0.29, 0.717) is 0 Å².